The maximum absolute atomic E-state index is 12.6. The first kappa shape index (κ1) is 18.8. The molecule has 1 aromatic carbocycles. The van der Waals surface area contributed by atoms with E-state index < -0.39 is 24.5 Å². The van der Waals surface area contributed by atoms with Crippen LogP contribution in [0.4, 0.5) is 0 Å². The van der Waals surface area contributed by atoms with Crippen LogP contribution in [0, 0.1) is 0 Å². The van der Waals surface area contributed by atoms with Crippen LogP contribution in [-0.4, -0.2) is 59.6 Å². The van der Waals surface area contributed by atoms with E-state index in [1.807, 2.05) is 30.3 Å². The normalized spacial score (nSPS) is 26.5. The summed E-state index contributed by atoms with van der Waals surface area (Å²) in [5, 5.41) is 13.1. The van der Waals surface area contributed by atoms with E-state index in [1.165, 1.54) is 0 Å². The minimum Gasteiger partial charge on any atom is -0.465 e. The molecule has 7 heteroatoms. The van der Waals surface area contributed by atoms with Crippen molar-refractivity contribution in [3.8, 4) is 0 Å². The Labute approximate surface area is 153 Å². The highest BCUT2D eigenvalue weighted by Gasteiger charge is 2.45. The van der Waals surface area contributed by atoms with Gasteiger partial charge < -0.3 is 19.5 Å². The van der Waals surface area contributed by atoms with E-state index in [1.54, 1.807) is 11.8 Å². The molecular formula is C19H26N2O5. The van der Waals surface area contributed by atoms with Crippen molar-refractivity contribution in [1.29, 1.82) is 0 Å². The van der Waals surface area contributed by atoms with Crippen LogP contribution in [0.5, 0.6) is 0 Å². The number of hydrogen-bond donors (Lipinski definition) is 2. The maximum Gasteiger partial charge on any atom is 0.323 e. The summed E-state index contributed by atoms with van der Waals surface area (Å²) in [6.45, 7) is 2.61. The van der Waals surface area contributed by atoms with Crippen molar-refractivity contribution in [2.24, 2.45) is 0 Å². The van der Waals surface area contributed by atoms with Gasteiger partial charge in [0, 0.05) is 6.54 Å². The summed E-state index contributed by atoms with van der Waals surface area (Å²) in [5.41, 5.74) is 1.10. The molecule has 2 heterocycles. The average molecular weight is 362 g/mol. The molecule has 0 aromatic heterocycles. The first-order valence-electron chi connectivity index (χ1n) is 9.20. The van der Waals surface area contributed by atoms with Crippen molar-refractivity contribution in [1.82, 2.24) is 10.2 Å². The van der Waals surface area contributed by atoms with E-state index in [0.29, 0.717) is 19.4 Å². The summed E-state index contributed by atoms with van der Waals surface area (Å²) >= 11 is 0. The van der Waals surface area contributed by atoms with Gasteiger partial charge in [0.05, 0.1) is 12.6 Å². The lowest BCUT2D eigenvalue weighted by Crippen LogP contribution is -2.62. The second-order valence-electron chi connectivity index (χ2n) is 6.64. The third-order valence-corrected chi connectivity index (χ3v) is 4.90. The van der Waals surface area contributed by atoms with E-state index in [-0.39, 0.29) is 18.6 Å². The number of carbonyl (C=O) groups is 2. The Balaban J connectivity index is 1.66. The number of nitrogens with one attached hydrogen (secondary N) is 1. The Hall–Kier alpha value is -1.96. The quantitative estimate of drug-likeness (QED) is 0.698. The molecule has 3 rings (SSSR count). The van der Waals surface area contributed by atoms with E-state index in [9.17, 15) is 14.7 Å². The molecule has 0 saturated carbocycles. The average Bonchev–Trinajstić information content (AvgIpc) is 3.14. The highest BCUT2D eigenvalue weighted by atomic mass is 16.6. The Morgan fingerprint density at radius 3 is 2.92 bits per heavy atom. The molecule has 0 spiro atoms. The van der Waals surface area contributed by atoms with Gasteiger partial charge in [-0.3, -0.25) is 14.9 Å². The van der Waals surface area contributed by atoms with Crippen LogP contribution >= 0.6 is 0 Å². The van der Waals surface area contributed by atoms with Crippen LogP contribution in [0.2, 0.25) is 0 Å². The number of rotatable bonds is 7. The maximum atomic E-state index is 12.6. The summed E-state index contributed by atoms with van der Waals surface area (Å²) in [5.74, 6) is -0.648. The first-order chi connectivity index (χ1) is 12.6. The second-order valence-corrected chi connectivity index (χ2v) is 6.64. The number of hydrogen-bond acceptors (Lipinski definition) is 6. The highest BCUT2D eigenvalue weighted by Crippen LogP contribution is 2.27. The number of morpholine rings is 1. The number of carbonyl (C=O) groups excluding carboxylic acids is 2. The molecule has 1 amide bonds. The molecule has 1 aromatic rings. The number of benzene rings is 1. The number of aliphatic hydroxyl groups is 1. The lowest BCUT2D eigenvalue weighted by molar-refractivity contribution is -0.217. The number of fused-ring (bicyclic) bond motifs is 1. The van der Waals surface area contributed by atoms with Crippen LogP contribution in [0.25, 0.3) is 0 Å². The number of esters is 1. The zero-order valence-corrected chi connectivity index (χ0v) is 15.0. The van der Waals surface area contributed by atoms with Crippen LogP contribution < -0.4 is 5.32 Å². The van der Waals surface area contributed by atoms with Gasteiger partial charge >= 0.3 is 5.97 Å². The molecule has 26 heavy (non-hydrogen) atoms. The zero-order valence-electron chi connectivity index (χ0n) is 15.0. The fourth-order valence-corrected chi connectivity index (χ4v) is 3.56. The van der Waals surface area contributed by atoms with Crippen molar-refractivity contribution in [2.45, 2.75) is 57.2 Å². The smallest absolute Gasteiger partial charge is 0.323 e. The molecule has 1 unspecified atom stereocenters. The Morgan fingerprint density at radius 1 is 1.42 bits per heavy atom. The van der Waals surface area contributed by atoms with Gasteiger partial charge in [-0.2, -0.15) is 0 Å². The molecule has 2 aliphatic heterocycles. The standard InChI is InChI=1S/C19H26N2O5/c1-2-25-18(23)14(11-10-13-7-4-3-5-8-13)20-16-17(22)21-12-6-9-15(21)19(24)26-16/h3-5,7-8,14-16,19-20,24H,2,6,9-12H2,1H3/t14-,15-,16-,19?/m0/s1. The number of nitrogens with zero attached hydrogens (tertiary/aromatic N) is 1. The van der Waals surface area contributed by atoms with Gasteiger partial charge in [0.25, 0.3) is 5.91 Å². The van der Waals surface area contributed by atoms with Crippen molar-refractivity contribution < 1.29 is 24.2 Å². The number of aliphatic hydroxyl groups excluding tert-OH is 1. The summed E-state index contributed by atoms with van der Waals surface area (Å²) in [6, 6.07) is 8.83. The van der Waals surface area contributed by atoms with Crippen LogP contribution in [0.3, 0.4) is 0 Å². The SMILES string of the molecule is CCOC(=O)[C@H](CCc1ccccc1)N[C@H]1OC(O)[C@@H]2CCCN2C1=O. The Morgan fingerprint density at radius 2 is 2.19 bits per heavy atom. The number of ether oxygens (including phenoxy) is 2. The van der Waals surface area contributed by atoms with Crippen LogP contribution in [0.15, 0.2) is 30.3 Å². The third-order valence-electron chi connectivity index (χ3n) is 4.90. The number of amides is 1. The predicted molar refractivity (Wildman–Crippen MR) is 93.9 cm³/mol. The summed E-state index contributed by atoms with van der Waals surface area (Å²) in [7, 11) is 0. The summed E-state index contributed by atoms with van der Waals surface area (Å²) in [4.78, 5) is 26.6. The monoisotopic (exact) mass is 362 g/mol. The van der Waals surface area contributed by atoms with Gasteiger partial charge in [-0.1, -0.05) is 30.3 Å². The van der Waals surface area contributed by atoms with Crippen LogP contribution in [-0.2, 0) is 25.5 Å². The van der Waals surface area contributed by atoms with Gasteiger partial charge in [0.15, 0.2) is 12.5 Å². The molecule has 2 N–H and O–H groups in total. The fraction of sp³-hybridized carbons (Fsp3) is 0.579. The molecule has 0 bridgehead atoms. The molecule has 142 valence electrons. The topological polar surface area (TPSA) is 88.1 Å². The van der Waals surface area contributed by atoms with E-state index in [4.69, 9.17) is 9.47 Å². The van der Waals surface area contributed by atoms with Gasteiger partial charge in [-0.15, -0.1) is 0 Å². The lowest BCUT2D eigenvalue weighted by Gasteiger charge is -2.39. The van der Waals surface area contributed by atoms with Gasteiger partial charge in [-0.05, 0) is 38.2 Å². The minimum atomic E-state index is -1.04. The molecule has 2 fully saturated rings. The molecule has 2 saturated heterocycles. The molecule has 7 nitrogen and oxygen atoms in total. The molecule has 2 aliphatic rings. The van der Waals surface area contributed by atoms with Crippen molar-refractivity contribution in [3.05, 3.63) is 35.9 Å². The van der Waals surface area contributed by atoms with Crippen LogP contribution in [0.1, 0.15) is 31.7 Å². The van der Waals surface area contributed by atoms with Crippen molar-refractivity contribution >= 4 is 11.9 Å². The van der Waals surface area contributed by atoms with E-state index in [2.05, 4.69) is 5.32 Å². The summed E-state index contributed by atoms with van der Waals surface area (Å²) < 4.78 is 10.6. The second kappa shape index (κ2) is 8.62. The summed E-state index contributed by atoms with van der Waals surface area (Å²) in [6.07, 6.45) is 0.630. The largest absolute Gasteiger partial charge is 0.465 e. The van der Waals surface area contributed by atoms with Gasteiger partial charge in [0.1, 0.15) is 6.04 Å². The molecule has 4 atom stereocenters. The van der Waals surface area contributed by atoms with Gasteiger partial charge in [0.2, 0.25) is 0 Å². The predicted octanol–water partition coefficient (Wildman–Crippen LogP) is 0.806. The van der Waals surface area contributed by atoms with Gasteiger partial charge in [-0.25, -0.2) is 0 Å². The highest BCUT2D eigenvalue weighted by molar-refractivity contribution is 5.83. The molecular weight excluding hydrogens is 336 g/mol. The van der Waals surface area contributed by atoms with E-state index in [0.717, 1.165) is 18.4 Å². The molecule has 0 radical (unpaired) electrons. The minimum absolute atomic E-state index is 0.230. The Kier molecular flexibility index (Phi) is 6.24. The van der Waals surface area contributed by atoms with Crippen molar-refractivity contribution in [3.63, 3.8) is 0 Å². The zero-order chi connectivity index (χ0) is 18.5. The molecule has 0 aliphatic carbocycles. The number of aryl methyl sites for hydroxylation is 1. The van der Waals surface area contributed by atoms with E-state index >= 15 is 0 Å². The first-order valence-corrected chi connectivity index (χ1v) is 9.20. The van der Waals surface area contributed by atoms with Crippen molar-refractivity contribution in [2.75, 3.05) is 13.2 Å². The lowest BCUT2D eigenvalue weighted by atomic mass is 10.0. The Bertz CT molecular complexity index is 624. The fourth-order valence-electron chi connectivity index (χ4n) is 3.56. The third kappa shape index (κ3) is 4.23.